The first-order chi connectivity index (χ1) is 17.1. The normalized spacial score (nSPS) is 11.8. The van der Waals surface area contributed by atoms with Gasteiger partial charge in [0.25, 0.3) is 0 Å². The molecule has 0 aliphatic carbocycles. The summed E-state index contributed by atoms with van der Waals surface area (Å²) in [4.78, 5) is 28.9. The topological polar surface area (TPSA) is 89.3 Å². The lowest BCUT2D eigenvalue weighted by atomic mass is 9.98. The zero-order valence-corrected chi connectivity index (χ0v) is 19.9. The van der Waals surface area contributed by atoms with E-state index in [1.54, 1.807) is 16.7 Å². The van der Waals surface area contributed by atoms with Gasteiger partial charge in [0.05, 0.1) is 12.1 Å². The molecule has 0 fully saturated rings. The van der Waals surface area contributed by atoms with Crippen LogP contribution in [-0.4, -0.2) is 52.0 Å². The second-order valence-electron chi connectivity index (χ2n) is 8.28. The first kappa shape index (κ1) is 24.1. The monoisotopic (exact) mass is 471 g/mol. The van der Waals surface area contributed by atoms with Crippen LogP contribution in [0.1, 0.15) is 22.7 Å². The van der Waals surface area contributed by atoms with Crippen molar-refractivity contribution < 1.29 is 14.3 Å². The largest absolute Gasteiger partial charge is 0.383 e. The van der Waals surface area contributed by atoms with E-state index in [9.17, 15) is 9.59 Å². The number of aryl methyl sites for hydroxylation is 1. The summed E-state index contributed by atoms with van der Waals surface area (Å²) in [6.45, 7) is 2.80. The minimum atomic E-state index is -0.822. The number of nitrogens with zero attached hydrogens (tertiary/aromatic N) is 4. The molecule has 3 aromatic carbocycles. The summed E-state index contributed by atoms with van der Waals surface area (Å²) in [7, 11) is 1.58. The summed E-state index contributed by atoms with van der Waals surface area (Å²) in [5.74, 6) is -0.503. The Kier molecular flexibility index (Phi) is 7.84. The molecule has 180 valence electrons. The predicted molar refractivity (Wildman–Crippen MR) is 133 cm³/mol. The second-order valence-corrected chi connectivity index (χ2v) is 8.28. The number of ether oxygens (including phenoxy) is 1. The minimum absolute atomic E-state index is 0.0431. The zero-order chi connectivity index (χ0) is 24.6. The number of hydrogen-bond donors (Lipinski definition) is 1. The molecule has 8 heteroatoms. The molecular formula is C27H29N5O3. The van der Waals surface area contributed by atoms with Crippen LogP contribution in [0.15, 0.2) is 78.9 Å². The van der Waals surface area contributed by atoms with Crippen LogP contribution in [0.2, 0.25) is 0 Å². The Balaban J connectivity index is 1.65. The summed E-state index contributed by atoms with van der Waals surface area (Å²) in [6, 6.07) is 24.0. The molecule has 8 nitrogen and oxygen atoms in total. The van der Waals surface area contributed by atoms with Gasteiger partial charge in [0.1, 0.15) is 18.1 Å². The average molecular weight is 472 g/mol. The number of methoxy groups -OCH3 is 1. The number of aromatic nitrogens is 3. The third-order valence-electron chi connectivity index (χ3n) is 5.91. The summed E-state index contributed by atoms with van der Waals surface area (Å²) in [6.07, 6.45) is 0. The lowest BCUT2D eigenvalue weighted by molar-refractivity contribution is -0.142. The fourth-order valence-corrected chi connectivity index (χ4v) is 4.07. The molecule has 1 heterocycles. The second kappa shape index (κ2) is 11.4. The third-order valence-corrected chi connectivity index (χ3v) is 5.91. The number of rotatable bonds is 10. The lowest BCUT2D eigenvalue weighted by Gasteiger charge is -2.32. The molecule has 0 spiro atoms. The van der Waals surface area contributed by atoms with E-state index in [1.807, 2.05) is 85.8 Å². The van der Waals surface area contributed by atoms with Crippen molar-refractivity contribution in [3.05, 3.63) is 95.6 Å². The molecule has 0 radical (unpaired) electrons. The summed E-state index contributed by atoms with van der Waals surface area (Å²) >= 11 is 0. The maximum absolute atomic E-state index is 13.7. The summed E-state index contributed by atoms with van der Waals surface area (Å²) < 4.78 is 6.86. The lowest BCUT2D eigenvalue weighted by Crippen LogP contribution is -2.46. The average Bonchev–Trinajstić information content (AvgIpc) is 3.29. The van der Waals surface area contributed by atoms with Gasteiger partial charge in [-0.05, 0) is 35.7 Å². The van der Waals surface area contributed by atoms with Crippen molar-refractivity contribution >= 4 is 22.8 Å². The van der Waals surface area contributed by atoms with Crippen LogP contribution in [0.25, 0.3) is 11.0 Å². The Labute approximate surface area is 204 Å². The molecule has 0 saturated carbocycles. The Morgan fingerprint density at radius 1 is 1.00 bits per heavy atom. The summed E-state index contributed by atoms with van der Waals surface area (Å²) in [5.41, 5.74) is 4.14. The van der Waals surface area contributed by atoms with Gasteiger partial charge in [-0.25, -0.2) is 4.68 Å². The van der Waals surface area contributed by atoms with E-state index >= 15 is 0 Å². The van der Waals surface area contributed by atoms with E-state index in [2.05, 4.69) is 15.6 Å². The number of para-hydroxylation sites is 1. The number of amides is 2. The van der Waals surface area contributed by atoms with Gasteiger partial charge in [0.15, 0.2) is 0 Å². The molecule has 1 atom stereocenters. The van der Waals surface area contributed by atoms with Crippen LogP contribution in [0, 0.1) is 6.92 Å². The van der Waals surface area contributed by atoms with Crippen LogP contribution in [0.3, 0.4) is 0 Å². The van der Waals surface area contributed by atoms with Gasteiger partial charge in [-0.1, -0.05) is 71.9 Å². The molecule has 35 heavy (non-hydrogen) atoms. The molecule has 1 aromatic heterocycles. The number of benzene rings is 3. The maximum Gasteiger partial charge on any atom is 0.247 e. The maximum atomic E-state index is 13.7. The fourth-order valence-electron chi connectivity index (χ4n) is 4.07. The smallest absolute Gasteiger partial charge is 0.247 e. The van der Waals surface area contributed by atoms with Crippen LogP contribution in [0.4, 0.5) is 0 Å². The Hall–Kier alpha value is -4.04. The molecule has 2 amide bonds. The van der Waals surface area contributed by atoms with Crippen molar-refractivity contribution in [3.63, 3.8) is 0 Å². The highest BCUT2D eigenvalue weighted by Crippen LogP contribution is 2.25. The van der Waals surface area contributed by atoms with Crippen LogP contribution in [-0.2, 0) is 27.4 Å². The van der Waals surface area contributed by atoms with Crippen molar-refractivity contribution in [2.45, 2.75) is 26.1 Å². The molecular weight excluding hydrogens is 442 g/mol. The first-order valence-corrected chi connectivity index (χ1v) is 11.5. The van der Waals surface area contributed by atoms with Crippen LogP contribution >= 0.6 is 0 Å². The molecule has 0 unspecified atom stereocenters. The van der Waals surface area contributed by atoms with E-state index in [0.29, 0.717) is 12.1 Å². The van der Waals surface area contributed by atoms with Gasteiger partial charge < -0.3 is 15.0 Å². The molecule has 0 bridgehead atoms. The van der Waals surface area contributed by atoms with Crippen LogP contribution in [0.5, 0.6) is 0 Å². The van der Waals surface area contributed by atoms with Crippen molar-refractivity contribution in [3.8, 4) is 0 Å². The zero-order valence-electron chi connectivity index (χ0n) is 19.9. The predicted octanol–water partition coefficient (Wildman–Crippen LogP) is 3.27. The van der Waals surface area contributed by atoms with Crippen molar-refractivity contribution in [2.24, 2.45) is 0 Å². The van der Waals surface area contributed by atoms with Gasteiger partial charge in [0, 0.05) is 20.2 Å². The number of nitrogens with one attached hydrogen (secondary N) is 1. The molecule has 0 aliphatic rings. The molecule has 4 rings (SSSR count). The number of carbonyl (C=O) groups is 2. The molecule has 0 aliphatic heterocycles. The minimum Gasteiger partial charge on any atom is -0.383 e. The summed E-state index contributed by atoms with van der Waals surface area (Å²) in [5, 5.41) is 11.3. The van der Waals surface area contributed by atoms with Gasteiger partial charge in [-0.2, -0.15) is 0 Å². The van der Waals surface area contributed by atoms with Gasteiger partial charge in [-0.15, -0.1) is 5.10 Å². The van der Waals surface area contributed by atoms with Crippen molar-refractivity contribution in [1.29, 1.82) is 0 Å². The quantitative estimate of drug-likeness (QED) is 0.383. The van der Waals surface area contributed by atoms with Crippen molar-refractivity contribution in [2.75, 3.05) is 20.3 Å². The highest BCUT2D eigenvalue weighted by atomic mass is 16.5. The first-order valence-electron chi connectivity index (χ1n) is 11.5. The van der Waals surface area contributed by atoms with E-state index in [0.717, 1.165) is 22.2 Å². The Morgan fingerprint density at radius 2 is 1.71 bits per heavy atom. The highest BCUT2D eigenvalue weighted by molar-refractivity contribution is 5.89. The van der Waals surface area contributed by atoms with E-state index in [4.69, 9.17) is 4.74 Å². The number of fused-ring (bicyclic) bond motifs is 1. The SMILES string of the molecule is COCCN(C(=O)Cn1nnc2ccccc21)[C@@H](C(=O)NCc1ccccc1)c1ccccc1C. The van der Waals surface area contributed by atoms with Crippen molar-refractivity contribution in [1.82, 2.24) is 25.2 Å². The third kappa shape index (κ3) is 5.73. The Morgan fingerprint density at radius 3 is 2.49 bits per heavy atom. The number of hydrogen-bond acceptors (Lipinski definition) is 5. The fraction of sp³-hybridized carbons (Fsp3) is 0.259. The van der Waals surface area contributed by atoms with Crippen LogP contribution < -0.4 is 5.32 Å². The molecule has 0 saturated heterocycles. The van der Waals surface area contributed by atoms with E-state index < -0.39 is 6.04 Å². The Bertz CT molecular complexity index is 1290. The highest BCUT2D eigenvalue weighted by Gasteiger charge is 2.32. The van der Waals surface area contributed by atoms with Gasteiger partial charge in [-0.3, -0.25) is 9.59 Å². The number of carbonyl (C=O) groups excluding carboxylic acids is 2. The van der Waals surface area contributed by atoms with Gasteiger partial charge >= 0.3 is 0 Å². The van der Waals surface area contributed by atoms with E-state index in [1.165, 1.54) is 0 Å². The molecule has 4 aromatic rings. The molecule has 1 N–H and O–H groups in total. The standard InChI is InChI=1S/C27H29N5O3/c1-20-10-6-7-13-22(20)26(27(34)28-18-21-11-4-3-5-12-21)31(16-17-35-2)25(33)19-32-24-15-9-8-14-23(24)29-30-32/h3-15,26H,16-19H2,1-2H3,(H,28,34)/t26-/m1/s1. The van der Waals surface area contributed by atoms with Gasteiger partial charge in [0.2, 0.25) is 11.8 Å². The van der Waals surface area contributed by atoms with E-state index in [-0.39, 0.29) is 31.5 Å².